The van der Waals surface area contributed by atoms with Crippen molar-refractivity contribution in [2.24, 2.45) is 0 Å². The molecule has 2 aromatic carbocycles. The molecular formula is C20H20O6. The van der Waals surface area contributed by atoms with Gasteiger partial charge in [-0.2, -0.15) is 0 Å². The molecule has 1 unspecified atom stereocenters. The van der Waals surface area contributed by atoms with Gasteiger partial charge in [0.25, 0.3) is 0 Å². The van der Waals surface area contributed by atoms with Crippen molar-refractivity contribution in [3.8, 4) is 28.7 Å². The van der Waals surface area contributed by atoms with Gasteiger partial charge in [-0.15, -0.1) is 0 Å². The Morgan fingerprint density at radius 3 is 2.54 bits per heavy atom. The van der Waals surface area contributed by atoms with E-state index in [1.54, 1.807) is 6.07 Å². The van der Waals surface area contributed by atoms with Crippen molar-refractivity contribution in [2.75, 3.05) is 7.11 Å². The lowest BCUT2D eigenvalue weighted by atomic mass is 9.94. The Kier molecular flexibility index (Phi) is 4.50. The molecule has 2 aromatic rings. The van der Waals surface area contributed by atoms with Crippen LogP contribution in [0.4, 0.5) is 0 Å². The molecule has 0 saturated carbocycles. The summed E-state index contributed by atoms with van der Waals surface area (Å²) in [6.45, 7) is 3.84. The molecule has 6 heteroatoms. The first kappa shape index (κ1) is 17.7. The first-order chi connectivity index (χ1) is 12.3. The number of carbonyl (C=O) groups excluding carboxylic acids is 1. The van der Waals surface area contributed by atoms with Crippen molar-refractivity contribution in [1.82, 2.24) is 0 Å². The van der Waals surface area contributed by atoms with Crippen LogP contribution < -0.4 is 9.47 Å². The average molecular weight is 356 g/mol. The van der Waals surface area contributed by atoms with Crippen molar-refractivity contribution >= 4 is 11.9 Å². The van der Waals surface area contributed by atoms with E-state index in [1.165, 1.54) is 19.2 Å². The largest absolute Gasteiger partial charge is 0.508 e. The Morgan fingerprint density at radius 2 is 1.88 bits per heavy atom. The summed E-state index contributed by atoms with van der Waals surface area (Å²) < 4.78 is 11.1. The molecule has 3 N–H and O–H groups in total. The van der Waals surface area contributed by atoms with Gasteiger partial charge in [-0.05, 0) is 31.5 Å². The molecule has 6 nitrogen and oxygen atoms in total. The molecule has 0 spiro atoms. The number of hydrogen-bond acceptors (Lipinski definition) is 6. The number of ketones is 1. The molecule has 0 bridgehead atoms. The monoisotopic (exact) mass is 356 g/mol. The molecule has 3 rings (SSSR count). The van der Waals surface area contributed by atoms with Gasteiger partial charge in [0.1, 0.15) is 28.9 Å². The van der Waals surface area contributed by atoms with E-state index in [0.29, 0.717) is 16.9 Å². The zero-order valence-electron chi connectivity index (χ0n) is 14.7. The molecular weight excluding hydrogens is 336 g/mol. The highest BCUT2D eigenvalue weighted by Gasteiger charge is 2.31. The molecule has 0 radical (unpaired) electrons. The van der Waals surface area contributed by atoms with Crippen LogP contribution in [0.1, 0.15) is 47.9 Å². The molecule has 1 aliphatic heterocycles. The second kappa shape index (κ2) is 6.63. The van der Waals surface area contributed by atoms with Gasteiger partial charge in [0.2, 0.25) is 0 Å². The van der Waals surface area contributed by atoms with Crippen LogP contribution in [0.5, 0.6) is 28.7 Å². The molecule has 1 atom stereocenters. The summed E-state index contributed by atoms with van der Waals surface area (Å²) in [4.78, 5) is 12.5. The lowest BCUT2D eigenvalue weighted by molar-refractivity contribution is 0.0844. The van der Waals surface area contributed by atoms with E-state index in [4.69, 9.17) is 9.47 Å². The number of rotatable bonds is 3. The van der Waals surface area contributed by atoms with E-state index < -0.39 is 6.10 Å². The summed E-state index contributed by atoms with van der Waals surface area (Å²) in [5.74, 6) is -0.412. The smallest absolute Gasteiger partial charge is 0.174 e. The Bertz CT molecular complexity index is 909. The van der Waals surface area contributed by atoms with Gasteiger partial charge in [0, 0.05) is 17.7 Å². The normalized spacial score (nSPS) is 15.8. The number of fused-ring (bicyclic) bond motifs is 1. The van der Waals surface area contributed by atoms with Crippen molar-refractivity contribution in [3.63, 3.8) is 0 Å². The van der Waals surface area contributed by atoms with E-state index in [0.717, 1.165) is 11.6 Å². The van der Waals surface area contributed by atoms with E-state index in [2.05, 4.69) is 0 Å². The zero-order valence-corrected chi connectivity index (χ0v) is 14.7. The Hall–Kier alpha value is -3.15. The first-order valence-electron chi connectivity index (χ1n) is 8.11. The first-order valence-corrected chi connectivity index (χ1v) is 8.11. The molecule has 26 heavy (non-hydrogen) atoms. The number of carbonyl (C=O) groups is 1. The molecule has 136 valence electrons. The maximum atomic E-state index is 12.5. The number of Topliss-reactive ketones (excluding diaryl/α,β-unsaturated/α-hetero) is 1. The van der Waals surface area contributed by atoms with Crippen molar-refractivity contribution in [1.29, 1.82) is 0 Å². The predicted molar refractivity (Wildman–Crippen MR) is 96.1 cm³/mol. The fourth-order valence-electron chi connectivity index (χ4n) is 3.10. The number of methoxy groups -OCH3 is 1. The number of benzene rings is 2. The zero-order chi connectivity index (χ0) is 19.0. The fraction of sp³-hybridized carbons (Fsp3) is 0.250. The minimum absolute atomic E-state index is 0.00532. The van der Waals surface area contributed by atoms with Gasteiger partial charge >= 0.3 is 0 Å². The summed E-state index contributed by atoms with van der Waals surface area (Å²) in [6.07, 6.45) is 1.21. The van der Waals surface area contributed by atoms with Gasteiger partial charge in [-0.3, -0.25) is 4.79 Å². The number of phenolic OH excluding ortho intramolecular Hbond substituents is 3. The lowest BCUT2D eigenvalue weighted by Crippen LogP contribution is -2.20. The van der Waals surface area contributed by atoms with Gasteiger partial charge in [-0.1, -0.05) is 11.6 Å². The molecule has 1 aliphatic rings. The van der Waals surface area contributed by atoms with E-state index in [1.807, 2.05) is 19.9 Å². The number of aromatic hydroxyl groups is 3. The van der Waals surface area contributed by atoms with E-state index in [-0.39, 0.29) is 40.8 Å². The summed E-state index contributed by atoms with van der Waals surface area (Å²) in [5, 5.41) is 29.8. The van der Waals surface area contributed by atoms with Gasteiger partial charge < -0.3 is 24.8 Å². The number of allylic oxidation sites excluding steroid dienone is 1. The molecule has 0 fully saturated rings. The van der Waals surface area contributed by atoms with E-state index in [9.17, 15) is 20.1 Å². The number of hydrogen-bond donors (Lipinski definition) is 3. The highest BCUT2D eigenvalue weighted by molar-refractivity contribution is 6.02. The molecule has 1 heterocycles. The van der Waals surface area contributed by atoms with Gasteiger partial charge in [0.05, 0.1) is 13.5 Å². The van der Waals surface area contributed by atoms with Crippen LogP contribution in [-0.2, 0) is 0 Å². The van der Waals surface area contributed by atoms with Crippen LogP contribution in [0.15, 0.2) is 29.8 Å². The lowest BCUT2D eigenvalue weighted by Gasteiger charge is -2.26. The fourth-order valence-corrected chi connectivity index (χ4v) is 3.10. The van der Waals surface area contributed by atoms with Gasteiger partial charge in [0.15, 0.2) is 17.3 Å². The summed E-state index contributed by atoms with van der Waals surface area (Å²) in [7, 11) is 1.47. The van der Waals surface area contributed by atoms with Crippen molar-refractivity contribution < 1.29 is 29.6 Å². The summed E-state index contributed by atoms with van der Waals surface area (Å²) in [6, 6.07) is 5.68. The van der Waals surface area contributed by atoms with Crippen molar-refractivity contribution in [2.45, 2.75) is 26.4 Å². The number of phenols is 3. The van der Waals surface area contributed by atoms with Crippen molar-refractivity contribution in [3.05, 3.63) is 46.5 Å². The van der Waals surface area contributed by atoms with Crippen LogP contribution in [0.2, 0.25) is 0 Å². The minimum atomic E-state index is -0.655. The third-order valence-electron chi connectivity index (χ3n) is 4.13. The molecule has 0 amide bonds. The Morgan fingerprint density at radius 1 is 1.15 bits per heavy atom. The molecule has 0 aliphatic carbocycles. The summed E-state index contributed by atoms with van der Waals surface area (Å²) in [5.41, 5.74) is 2.34. The topological polar surface area (TPSA) is 96.2 Å². The maximum absolute atomic E-state index is 12.5. The quantitative estimate of drug-likeness (QED) is 0.771. The Labute approximate surface area is 150 Å². The maximum Gasteiger partial charge on any atom is 0.174 e. The second-order valence-electron chi connectivity index (χ2n) is 6.46. The highest BCUT2D eigenvalue weighted by Crippen LogP contribution is 2.43. The third-order valence-corrected chi connectivity index (χ3v) is 4.13. The SMILES string of the molecule is COc1c(O)cc(C2CC(=O)c3c(O)cc(O)cc3O2)cc1C=C(C)C. The minimum Gasteiger partial charge on any atom is -0.508 e. The second-order valence-corrected chi connectivity index (χ2v) is 6.46. The van der Waals surface area contributed by atoms with Crippen LogP contribution in [0.3, 0.4) is 0 Å². The average Bonchev–Trinajstić information content (AvgIpc) is 2.52. The molecule has 0 aromatic heterocycles. The van der Waals surface area contributed by atoms with Gasteiger partial charge in [-0.25, -0.2) is 0 Å². The van der Waals surface area contributed by atoms with E-state index >= 15 is 0 Å². The predicted octanol–water partition coefficient (Wildman–Crippen LogP) is 3.94. The third kappa shape index (κ3) is 3.18. The van der Waals surface area contributed by atoms with Crippen LogP contribution in [0.25, 0.3) is 6.08 Å². The summed E-state index contributed by atoms with van der Waals surface area (Å²) >= 11 is 0. The van der Waals surface area contributed by atoms with Crippen LogP contribution in [-0.4, -0.2) is 28.2 Å². The molecule has 0 saturated heterocycles. The highest BCUT2D eigenvalue weighted by atomic mass is 16.5. The van der Waals surface area contributed by atoms with Crippen LogP contribution >= 0.6 is 0 Å². The standard InChI is InChI=1S/C20H20O6/c1-10(2)4-12-5-11(6-16(24)20(12)25-3)17-9-15(23)19-14(22)7-13(21)8-18(19)26-17/h4-8,17,21-22,24H,9H2,1-3H3. The Balaban J connectivity index is 2.06. The van der Waals surface area contributed by atoms with Crippen LogP contribution in [0, 0.1) is 0 Å². The number of ether oxygens (including phenoxy) is 2.